The number of carboxylic acid groups (broad SMARTS) is 2. The summed E-state index contributed by atoms with van der Waals surface area (Å²) in [4.78, 5) is 21.7. The fourth-order valence-corrected chi connectivity index (χ4v) is 1.59. The monoisotopic (exact) mass is 258 g/mol. The molecule has 1 aliphatic rings. The van der Waals surface area contributed by atoms with Crippen molar-refractivity contribution in [1.82, 2.24) is 0 Å². The van der Waals surface area contributed by atoms with Gasteiger partial charge in [0.25, 0.3) is 0 Å². The number of carboxylic acids is 2. The van der Waals surface area contributed by atoms with E-state index in [1.54, 1.807) is 12.1 Å². The van der Waals surface area contributed by atoms with Crippen LogP contribution in [0.3, 0.4) is 0 Å². The molecule has 0 saturated carbocycles. The Labute approximate surface area is 108 Å². The lowest BCUT2D eigenvalue weighted by Crippen LogP contribution is -2.13. The topological polar surface area (TPSA) is 99.0 Å². The molecule has 19 heavy (non-hydrogen) atoms. The molecule has 0 amide bonds. The lowest BCUT2D eigenvalue weighted by atomic mass is 10.1. The molecule has 0 radical (unpaired) electrons. The predicted molar refractivity (Wildman–Crippen MR) is 69.9 cm³/mol. The van der Waals surface area contributed by atoms with Crippen molar-refractivity contribution in [3.63, 3.8) is 0 Å². The van der Waals surface area contributed by atoms with E-state index >= 15 is 0 Å². The minimum absolute atomic E-state index is 0.0473. The van der Waals surface area contributed by atoms with E-state index in [0.29, 0.717) is 11.8 Å². The highest BCUT2D eigenvalue weighted by Gasteiger charge is 2.16. The molecule has 1 heterocycles. The Hall–Kier alpha value is -2.89. The Bertz CT molecular complexity index is 629. The SMILES string of the molecule is O=C(O)/C=C(/C(=O)O)C1=NNc2ccccc2C=C1. The number of hydrogen-bond acceptors (Lipinski definition) is 4. The molecule has 0 aliphatic carbocycles. The smallest absolute Gasteiger partial charge is 0.338 e. The Balaban J connectivity index is 2.41. The van der Waals surface area contributed by atoms with Gasteiger partial charge in [-0.15, -0.1) is 0 Å². The van der Waals surface area contributed by atoms with Gasteiger partial charge < -0.3 is 10.2 Å². The van der Waals surface area contributed by atoms with Crippen LogP contribution < -0.4 is 5.43 Å². The highest BCUT2D eigenvalue weighted by Crippen LogP contribution is 2.20. The molecule has 0 saturated heterocycles. The summed E-state index contributed by atoms with van der Waals surface area (Å²) in [5.74, 6) is -2.69. The number of rotatable bonds is 3. The molecule has 96 valence electrons. The molecule has 0 spiro atoms. The summed E-state index contributed by atoms with van der Waals surface area (Å²) in [6, 6.07) is 7.26. The number of fused-ring (bicyclic) bond motifs is 1. The summed E-state index contributed by atoms with van der Waals surface area (Å²) >= 11 is 0. The van der Waals surface area contributed by atoms with Crippen LogP contribution in [0, 0.1) is 0 Å². The van der Waals surface area contributed by atoms with E-state index in [0.717, 1.165) is 5.56 Å². The first-order chi connectivity index (χ1) is 9.08. The zero-order chi connectivity index (χ0) is 13.8. The first-order valence-corrected chi connectivity index (χ1v) is 5.37. The van der Waals surface area contributed by atoms with E-state index in [2.05, 4.69) is 10.5 Å². The quantitative estimate of drug-likeness (QED) is 0.715. The second kappa shape index (κ2) is 5.18. The van der Waals surface area contributed by atoms with Crippen LogP contribution in [0.15, 0.2) is 47.1 Å². The second-order valence-electron chi connectivity index (χ2n) is 3.73. The molecule has 0 aromatic heterocycles. The minimum atomic E-state index is -1.35. The van der Waals surface area contributed by atoms with Crippen LogP contribution in [0.5, 0.6) is 0 Å². The molecule has 0 fully saturated rings. The van der Waals surface area contributed by atoms with Gasteiger partial charge >= 0.3 is 11.9 Å². The molecule has 1 aliphatic heterocycles. The van der Waals surface area contributed by atoms with Gasteiger partial charge in [-0.25, -0.2) is 9.59 Å². The van der Waals surface area contributed by atoms with Gasteiger partial charge in [0, 0.05) is 6.08 Å². The van der Waals surface area contributed by atoms with Gasteiger partial charge in [0.1, 0.15) is 0 Å². The molecule has 1 aromatic rings. The van der Waals surface area contributed by atoms with E-state index in [1.807, 2.05) is 18.2 Å². The Morgan fingerprint density at radius 2 is 1.89 bits per heavy atom. The lowest BCUT2D eigenvalue weighted by molar-refractivity contribution is -0.134. The Kier molecular flexibility index (Phi) is 3.42. The minimum Gasteiger partial charge on any atom is -0.478 e. The maximum Gasteiger partial charge on any atom is 0.338 e. The van der Waals surface area contributed by atoms with Gasteiger partial charge in [-0.2, -0.15) is 5.10 Å². The highest BCUT2D eigenvalue weighted by molar-refractivity contribution is 6.27. The average molecular weight is 258 g/mol. The van der Waals surface area contributed by atoms with Crippen LogP contribution in [0.4, 0.5) is 5.69 Å². The number of hydrogen-bond donors (Lipinski definition) is 3. The summed E-state index contributed by atoms with van der Waals surface area (Å²) in [5.41, 5.74) is 3.93. The van der Waals surface area contributed by atoms with Crippen LogP contribution in [0.1, 0.15) is 5.56 Å². The van der Waals surface area contributed by atoms with Gasteiger partial charge in [-0.3, -0.25) is 5.43 Å². The molecule has 0 unspecified atom stereocenters. The number of allylic oxidation sites excluding steroid dienone is 1. The first-order valence-electron chi connectivity index (χ1n) is 5.37. The van der Waals surface area contributed by atoms with Gasteiger partial charge in [0.05, 0.1) is 17.0 Å². The Morgan fingerprint density at radius 1 is 1.16 bits per heavy atom. The van der Waals surface area contributed by atoms with Crippen molar-refractivity contribution in [2.45, 2.75) is 0 Å². The van der Waals surface area contributed by atoms with Gasteiger partial charge in [0.15, 0.2) is 0 Å². The van der Waals surface area contributed by atoms with Crippen molar-refractivity contribution >= 4 is 29.4 Å². The molecular formula is C13H10N2O4. The van der Waals surface area contributed by atoms with E-state index in [1.165, 1.54) is 6.08 Å². The highest BCUT2D eigenvalue weighted by atomic mass is 16.4. The Morgan fingerprint density at radius 3 is 2.58 bits per heavy atom. The third kappa shape index (κ3) is 2.86. The number of para-hydroxylation sites is 1. The third-order valence-electron chi connectivity index (χ3n) is 2.45. The summed E-state index contributed by atoms with van der Waals surface area (Å²) in [7, 11) is 0. The second-order valence-corrected chi connectivity index (χ2v) is 3.73. The molecule has 0 bridgehead atoms. The number of carbonyl (C=O) groups is 2. The molecule has 0 atom stereocenters. The normalized spacial score (nSPS) is 13.9. The molecule has 6 nitrogen and oxygen atoms in total. The largest absolute Gasteiger partial charge is 0.478 e. The van der Waals surface area contributed by atoms with E-state index < -0.39 is 11.9 Å². The van der Waals surface area contributed by atoms with E-state index in [9.17, 15) is 9.59 Å². The fraction of sp³-hybridized carbons (Fsp3) is 0. The van der Waals surface area contributed by atoms with Crippen molar-refractivity contribution in [3.8, 4) is 0 Å². The molecule has 2 rings (SSSR count). The first kappa shape index (κ1) is 12.6. The van der Waals surface area contributed by atoms with Crippen LogP contribution in [-0.2, 0) is 9.59 Å². The van der Waals surface area contributed by atoms with Crippen molar-refractivity contribution in [2.75, 3.05) is 5.43 Å². The maximum atomic E-state index is 11.0. The zero-order valence-electron chi connectivity index (χ0n) is 9.70. The van der Waals surface area contributed by atoms with Gasteiger partial charge in [-0.05, 0) is 17.7 Å². The lowest BCUT2D eigenvalue weighted by Gasteiger charge is -2.03. The number of hydrazone groups is 1. The maximum absolute atomic E-state index is 11.0. The number of benzene rings is 1. The van der Waals surface area contributed by atoms with Crippen LogP contribution in [0.25, 0.3) is 6.08 Å². The summed E-state index contributed by atoms with van der Waals surface area (Å²) < 4.78 is 0. The van der Waals surface area contributed by atoms with Gasteiger partial charge in [-0.1, -0.05) is 24.3 Å². The number of anilines is 1. The van der Waals surface area contributed by atoms with Crippen molar-refractivity contribution in [2.24, 2.45) is 5.10 Å². The molecule has 6 heteroatoms. The number of nitrogens with zero attached hydrogens (tertiary/aromatic N) is 1. The van der Waals surface area contributed by atoms with E-state index in [4.69, 9.17) is 10.2 Å². The molecular weight excluding hydrogens is 248 g/mol. The average Bonchev–Trinajstić information content (AvgIpc) is 2.58. The van der Waals surface area contributed by atoms with Crippen molar-refractivity contribution in [3.05, 3.63) is 47.6 Å². The standard InChI is InChI=1S/C13H10N2O4/c16-12(17)7-9(13(18)19)11-6-5-8-3-1-2-4-10(8)14-15-11/h1-7,14H,(H,16,17)(H,18,19)/b9-7+. The molecule has 3 N–H and O–H groups in total. The summed E-state index contributed by atoms with van der Waals surface area (Å²) in [6.07, 6.45) is 3.75. The number of nitrogens with one attached hydrogen (secondary N) is 1. The zero-order valence-corrected chi connectivity index (χ0v) is 9.70. The van der Waals surface area contributed by atoms with E-state index in [-0.39, 0.29) is 11.3 Å². The fourth-order valence-electron chi connectivity index (χ4n) is 1.59. The predicted octanol–water partition coefficient (Wildman–Crippen LogP) is 1.58. The summed E-state index contributed by atoms with van der Waals surface area (Å²) in [5, 5.41) is 21.6. The van der Waals surface area contributed by atoms with Gasteiger partial charge in [0.2, 0.25) is 0 Å². The molecule has 1 aromatic carbocycles. The third-order valence-corrected chi connectivity index (χ3v) is 2.45. The van der Waals surface area contributed by atoms with Crippen molar-refractivity contribution < 1.29 is 19.8 Å². The number of aliphatic carboxylic acids is 2. The van der Waals surface area contributed by atoms with Crippen LogP contribution >= 0.6 is 0 Å². The summed E-state index contributed by atoms with van der Waals surface area (Å²) in [6.45, 7) is 0. The van der Waals surface area contributed by atoms with Crippen LogP contribution in [0.2, 0.25) is 0 Å². The van der Waals surface area contributed by atoms with Crippen LogP contribution in [-0.4, -0.2) is 27.9 Å². The van der Waals surface area contributed by atoms with Crippen molar-refractivity contribution in [1.29, 1.82) is 0 Å².